The summed E-state index contributed by atoms with van der Waals surface area (Å²) in [6.07, 6.45) is 9.20. The van der Waals surface area contributed by atoms with E-state index in [4.69, 9.17) is 4.99 Å². The molecule has 1 saturated heterocycles. The number of unbranched alkanes of at least 4 members (excludes halogenated alkanes) is 4. The van der Waals surface area contributed by atoms with Crippen molar-refractivity contribution in [1.82, 2.24) is 15.5 Å². The van der Waals surface area contributed by atoms with Gasteiger partial charge < -0.3 is 15.5 Å². The molecule has 0 saturated carbocycles. The molecule has 0 amide bonds. The van der Waals surface area contributed by atoms with Gasteiger partial charge in [0.05, 0.1) is 6.54 Å². The smallest absolute Gasteiger partial charge is 0.191 e. The van der Waals surface area contributed by atoms with Crippen molar-refractivity contribution in [2.24, 2.45) is 4.99 Å². The first kappa shape index (κ1) is 24.3. The first-order valence-corrected chi connectivity index (χ1v) is 10.4. The number of rotatable bonds is 11. The molecule has 1 unspecified atom stereocenters. The van der Waals surface area contributed by atoms with Gasteiger partial charge in [-0.15, -0.1) is 24.0 Å². The van der Waals surface area contributed by atoms with Crippen molar-refractivity contribution in [1.29, 1.82) is 0 Å². The van der Waals surface area contributed by atoms with E-state index in [0.29, 0.717) is 4.75 Å². The van der Waals surface area contributed by atoms with Gasteiger partial charge in [-0.2, -0.15) is 11.8 Å². The zero-order chi connectivity index (χ0) is 17.0. The van der Waals surface area contributed by atoms with Crippen LogP contribution in [0.25, 0.3) is 0 Å². The number of hydrogen-bond acceptors (Lipinski definition) is 3. The number of nitrogens with one attached hydrogen (secondary N) is 2. The van der Waals surface area contributed by atoms with Gasteiger partial charge in [0.2, 0.25) is 0 Å². The van der Waals surface area contributed by atoms with Crippen molar-refractivity contribution in [3.63, 3.8) is 0 Å². The highest BCUT2D eigenvalue weighted by Gasteiger charge is 2.29. The van der Waals surface area contributed by atoms with E-state index in [0.717, 1.165) is 25.6 Å². The van der Waals surface area contributed by atoms with Gasteiger partial charge in [0.25, 0.3) is 0 Å². The first-order valence-electron chi connectivity index (χ1n) is 9.36. The Morgan fingerprint density at radius 3 is 2.46 bits per heavy atom. The molecule has 0 aromatic rings. The third-order valence-corrected chi connectivity index (χ3v) is 5.81. The first-order chi connectivity index (χ1) is 11.1. The van der Waals surface area contributed by atoms with Gasteiger partial charge in [0.1, 0.15) is 0 Å². The van der Waals surface area contributed by atoms with E-state index in [-0.39, 0.29) is 24.0 Å². The molecule has 24 heavy (non-hydrogen) atoms. The Bertz CT molecular complexity index is 331. The summed E-state index contributed by atoms with van der Waals surface area (Å²) >= 11 is 2.08. The number of hydrogen-bond donors (Lipinski definition) is 2. The van der Waals surface area contributed by atoms with Crippen molar-refractivity contribution in [2.45, 2.75) is 63.5 Å². The predicted molar refractivity (Wildman–Crippen MR) is 121 cm³/mol. The van der Waals surface area contributed by atoms with E-state index in [2.05, 4.69) is 55.2 Å². The Kier molecular flexibility index (Phi) is 14.7. The molecule has 2 N–H and O–H groups in total. The molecule has 1 aliphatic rings. The maximum absolute atomic E-state index is 4.80. The maximum Gasteiger partial charge on any atom is 0.191 e. The molecule has 1 fully saturated rings. The van der Waals surface area contributed by atoms with E-state index in [1.807, 2.05) is 0 Å². The second-order valence-electron chi connectivity index (χ2n) is 7.09. The molecule has 0 radical (unpaired) electrons. The predicted octanol–water partition coefficient (Wildman–Crippen LogP) is 3.96. The Hall–Kier alpha value is 0.310. The van der Waals surface area contributed by atoms with Crippen LogP contribution in [0.4, 0.5) is 0 Å². The van der Waals surface area contributed by atoms with Gasteiger partial charge in [-0.1, -0.05) is 19.3 Å². The molecule has 0 bridgehead atoms. The summed E-state index contributed by atoms with van der Waals surface area (Å²) in [5, 5.41) is 6.86. The zero-order valence-electron chi connectivity index (χ0n) is 16.2. The highest BCUT2D eigenvalue weighted by Crippen LogP contribution is 2.37. The van der Waals surface area contributed by atoms with Crippen molar-refractivity contribution in [3.05, 3.63) is 0 Å². The lowest BCUT2D eigenvalue weighted by Crippen LogP contribution is -2.39. The van der Waals surface area contributed by atoms with E-state index < -0.39 is 0 Å². The SMILES string of the molecule is CCNC(=NCC1(C)CCCS1)NCCCCCCCN(C)C.I. The Labute approximate surface area is 171 Å². The summed E-state index contributed by atoms with van der Waals surface area (Å²) < 4.78 is 0.356. The fraction of sp³-hybridized carbons (Fsp3) is 0.944. The minimum atomic E-state index is 0. The van der Waals surface area contributed by atoms with Gasteiger partial charge in [0.15, 0.2) is 5.96 Å². The summed E-state index contributed by atoms with van der Waals surface area (Å²) in [5.41, 5.74) is 0. The molecule has 144 valence electrons. The Morgan fingerprint density at radius 2 is 1.83 bits per heavy atom. The monoisotopic (exact) mass is 470 g/mol. The lowest BCUT2D eigenvalue weighted by atomic mass is 10.1. The highest BCUT2D eigenvalue weighted by atomic mass is 127. The van der Waals surface area contributed by atoms with E-state index in [1.54, 1.807) is 0 Å². The standard InChI is InChI=1S/C18H38N4S.HI/c1-5-19-17(21-16-18(2)12-11-15-23-18)20-13-9-7-6-8-10-14-22(3)4;/h5-16H2,1-4H3,(H2,19,20,21);1H. The average molecular weight is 471 g/mol. The van der Waals surface area contributed by atoms with Crippen molar-refractivity contribution in [2.75, 3.05) is 46.0 Å². The van der Waals surface area contributed by atoms with Gasteiger partial charge >= 0.3 is 0 Å². The fourth-order valence-corrected chi connectivity index (χ4v) is 4.07. The molecule has 1 aliphatic heterocycles. The lowest BCUT2D eigenvalue weighted by Gasteiger charge is -2.21. The van der Waals surface area contributed by atoms with E-state index >= 15 is 0 Å². The molecule has 0 spiro atoms. The van der Waals surface area contributed by atoms with Crippen molar-refractivity contribution in [3.8, 4) is 0 Å². The van der Waals surface area contributed by atoms with Gasteiger partial charge in [-0.05, 0) is 65.9 Å². The van der Waals surface area contributed by atoms with Crippen LogP contribution in [-0.4, -0.2) is 61.6 Å². The second-order valence-corrected chi connectivity index (χ2v) is 8.78. The van der Waals surface area contributed by atoms with Crippen molar-refractivity contribution >= 4 is 41.7 Å². The molecule has 4 nitrogen and oxygen atoms in total. The van der Waals surface area contributed by atoms with Crippen LogP contribution >= 0.6 is 35.7 Å². The number of thioether (sulfide) groups is 1. The van der Waals surface area contributed by atoms with Crippen LogP contribution in [0.15, 0.2) is 4.99 Å². The zero-order valence-corrected chi connectivity index (χ0v) is 19.3. The quantitative estimate of drug-likeness (QED) is 0.208. The van der Waals surface area contributed by atoms with Crippen LogP contribution in [0, 0.1) is 0 Å². The summed E-state index contributed by atoms with van der Waals surface area (Å²) in [7, 11) is 4.30. The Balaban J connectivity index is 0.00000529. The second kappa shape index (κ2) is 14.5. The number of nitrogens with zero attached hydrogens (tertiary/aromatic N) is 2. The molecular formula is C18H39IN4S. The third-order valence-electron chi connectivity index (χ3n) is 4.29. The van der Waals surface area contributed by atoms with Crippen LogP contribution < -0.4 is 10.6 Å². The molecule has 0 aromatic heterocycles. The summed E-state index contributed by atoms with van der Waals surface area (Å²) in [5.74, 6) is 2.29. The molecule has 1 atom stereocenters. The molecule has 0 aliphatic carbocycles. The number of halogens is 1. The van der Waals surface area contributed by atoms with Crippen molar-refractivity contribution < 1.29 is 0 Å². The topological polar surface area (TPSA) is 39.7 Å². The van der Waals surface area contributed by atoms with Crippen LogP contribution in [0.1, 0.15) is 58.8 Å². The van der Waals surface area contributed by atoms with Crippen LogP contribution in [0.2, 0.25) is 0 Å². The fourth-order valence-electron chi connectivity index (χ4n) is 2.84. The van der Waals surface area contributed by atoms with Gasteiger partial charge in [-0.3, -0.25) is 4.99 Å². The normalized spacial score (nSPS) is 21.0. The minimum absolute atomic E-state index is 0. The maximum atomic E-state index is 4.80. The molecule has 1 heterocycles. The molecule has 6 heteroatoms. The summed E-state index contributed by atoms with van der Waals surface area (Å²) in [4.78, 5) is 7.07. The van der Waals surface area contributed by atoms with E-state index in [9.17, 15) is 0 Å². The van der Waals surface area contributed by atoms with Gasteiger partial charge in [-0.25, -0.2) is 0 Å². The number of guanidine groups is 1. The summed E-state index contributed by atoms with van der Waals surface area (Å²) in [6.45, 7) is 8.59. The number of aliphatic imine (C=N–C) groups is 1. The highest BCUT2D eigenvalue weighted by molar-refractivity contribution is 14.0. The molecule has 0 aromatic carbocycles. The lowest BCUT2D eigenvalue weighted by molar-refractivity contribution is 0.389. The van der Waals surface area contributed by atoms with Gasteiger partial charge in [0, 0.05) is 17.8 Å². The Morgan fingerprint density at radius 1 is 1.12 bits per heavy atom. The molecule has 1 rings (SSSR count). The van der Waals surface area contributed by atoms with E-state index in [1.165, 1.54) is 57.2 Å². The van der Waals surface area contributed by atoms with Crippen LogP contribution in [0.3, 0.4) is 0 Å². The summed E-state index contributed by atoms with van der Waals surface area (Å²) in [6, 6.07) is 0. The minimum Gasteiger partial charge on any atom is -0.357 e. The third kappa shape index (κ3) is 11.8. The largest absolute Gasteiger partial charge is 0.357 e. The van der Waals surface area contributed by atoms with Crippen LogP contribution in [-0.2, 0) is 0 Å². The average Bonchev–Trinajstić information content (AvgIpc) is 2.94. The molecular weight excluding hydrogens is 431 g/mol. The van der Waals surface area contributed by atoms with Crippen LogP contribution in [0.5, 0.6) is 0 Å².